The molecule has 0 saturated carbocycles. The molecule has 5 nitrogen and oxygen atoms in total. The van der Waals surface area contributed by atoms with E-state index < -0.39 is 18.5 Å². The number of urea groups is 1. The van der Waals surface area contributed by atoms with Crippen LogP contribution in [0.15, 0.2) is 12.2 Å². The molecule has 0 aliphatic carbocycles. The molecule has 0 heterocycles. The fraction of sp³-hybridized carbons (Fsp3) is 0.455. The third-order valence-corrected chi connectivity index (χ3v) is 1.71. The van der Waals surface area contributed by atoms with Gasteiger partial charge >= 0.3 is 12.0 Å². The van der Waals surface area contributed by atoms with Crippen LogP contribution in [0.2, 0.25) is 0 Å². The molecule has 0 saturated heterocycles. The molecule has 0 aromatic carbocycles. The fourth-order valence-electron chi connectivity index (χ4n) is 1.18. The Morgan fingerprint density at radius 3 is 2.38 bits per heavy atom. The summed E-state index contributed by atoms with van der Waals surface area (Å²) in [5.41, 5.74) is 0.812. The number of nitrogens with zero attached hydrogens (tertiary/aromatic N) is 2. The standard InChI is InChI=1S/C11H16N2O3/c1-5-6-13(8-10(14)15)11(16)12(4)7-9(2)3/h1H,2,6-8H2,3-4H3,(H,14,15). The molecule has 0 unspecified atom stereocenters. The van der Waals surface area contributed by atoms with Crippen LogP contribution in [0.4, 0.5) is 4.79 Å². The monoisotopic (exact) mass is 224 g/mol. The van der Waals surface area contributed by atoms with Crippen molar-refractivity contribution in [1.82, 2.24) is 9.80 Å². The van der Waals surface area contributed by atoms with Crippen LogP contribution < -0.4 is 0 Å². The summed E-state index contributed by atoms with van der Waals surface area (Å²) in [5.74, 6) is 1.16. The number of aliphatic carboxylic acids is 1. The van der Waals surface area contributed by atoms with Gasteiger partial charge in [-0.3, -0.25) is 4.79 Å². The summed E-state index contributed by atoms with van der Waals surface area (Å²) in [4.78, 5) is 24.8. The Kier molecular flexibility index (Phi) is 5.71. The summed E-state index contributed by atoms with van der Waals surface area (Å²) < 4.78 is 0. The Bertz CT molecular complexity index is 331. The van der Waals surface area contributed by atoms with Gasteiger partial charge < -0.3 is 14.9 Å². The van der Waals surface area contributed by atoms with E-state index in [1.807, 2.05) is 0 Å². The van der Waals surface area contributed by atoms with E-state index in [1.54, 1.807) is 14.0 Å². The Hall–Kier alpha value is -1.96. The van der Waals surface area contributed by atoms with Crippen LogP contribution in [0.5, 0.6) is 0 Å². The minimum atomic E-state index is -1.09. The summed E-state index contributed by atoms with van der Waals surface area (Å²) in [5, 5.41) is 8.62. The highest BCUT2D eigenvalue weighted by atomic mass is 16.4. The predicted octanol–water partition coefficient (Wildman–Crippen LogP) is 0.634. The zero-order valence-corrected chi connectivity index (χ0v) is 9.56. The van der Waals surface area contributed by atoms with Crippen LogP contribution in [0.3, 0.4) is 0 Å². The molecule has 1 N–H and O–H groups in total. The number of carboxylic acids is 1. The quantitative estimate of drug-likeness (QED) is 0.550. The molecule has 5 heteroatoms. The number of carbonyl (C=O) groups is 2. The molecule has 0 rings (SSSR count). The van der Waals surface area contributed by atoms with E-state index in [2.05, 4.69) is 12.5 Å². The van der Waals surface area contributed by atoms with Gasteiger partial charge in [0.25, 0.3) is 0 Å². The maximum absolute atomic E-state index is 11.8. The van der Waals surface area contributed by atoms with Gasteiger partial charge in [0.15, 0.2) is 0 Å². The Morgan fingerprint density at radius 2 is 2.00 bits per heavy atom. The van der Waals surface area contributed by atoms with E-state index in [1.165, 1.54) is 4.90 Å². The first-order chi connectivity index (χ1) is 7.38. The smallest absolute Gasteiger partial charge is 0.323 e. The Morgan fingerprint density at radius 1 is 1.44 bits per heavy atom. The van der Waals surface area contributed by atoms with E-state index in [0.29, 0.717) is 6.54 Å². The number of carboxylic acid groups (broad SMARTS) is 1. The van der Waals surface area contributed by atoms with Gasteiger partial charge in [0.1, 0.15) is 6.54 Å². The topological polar surface area (TPSA) is 60.9 Å². The number of hydrogen-bond acceptors (Lipinski definition) is 2. The number of carbonyl (C=O) groups excluding carboxylic acids is 1. The SMILES string of the molecule is C#CCN(CC(=O)O)C(=O)N(C)CC(=C)C. The van der Waals surface area contributed by atoms with Gasteiger partial charge in [-0.1, -0.05) is 18.1 Å². The van der Waals surface area contributed by atoms with Crippen molar-refractivity contribution < 1.29 is 14.7 Å². The molecular formula is C11H16N2O3. The second-order valence-corrected chi connectivity index (χ2v) is 3.55. The van der Waals surface area contributed by atoms with Crippen molar-refractivity contribution in [3.05, 3.63) is 12.2 Å². The number of amides is 2. The highest BCUT2D eigenvalue weighted by molar-refractivity contribution is 5.80. The number of likely N-dealkylation sites (N-methyl/N-ethyl adjacent to an activating group) is 1. The molecule has 0 fully saturated rings. The minimum Gasteiger partial charge on any atom is -0.480 e. The van der Waals surface area contributed by atoms with E-state index in [9.17, 15) is 9.59 Å². The molecule has 0 aliphatic rings. The van der Waals surface area contributed by atoms with Crippen LogP contribution in [-0.4, -0.2) is 53.6 Å². The maximum Gasteiger partial charge on any atom is 0.323 e. The number of hydrogen-bond donors (Lipinski definition) is 1. The average molecular weight is 224 g/mol. The van der Waals surface area contributed by atoms with E-state index in [0.717, 1.165) is 10.5 Å². The molecule has 0 aliphatic heterocycles. The van der Waals surface area contributed by atoms with Crippen molar-refractivity contribution >= 4 is 12.0 Å². The van der Waals surface area contributed by atoms with Crippen LogP contribution in [0.1, 0.15) is 6.92 Å². The van der Waals surface area contributed by atoms with E-state index in [-0.39, 0.29) is 6.54 Å². The molecular weight excluding hydrogens is 208 g/mol. The van der Waals surface area contributed by atoms with Crippen LogP contribution in [0, 0.1) is 12.3 Å². The third kappa shape index (κ3) is 5.05. The Labute approximate surface area is 95.3 Å². The minimum absolute atomic E-state index is 0.0222. The first-order valence-electron chi connectivity index (χ1n) is 4.68. The fourth-order valence-corrected chi connectivity index (χ4v) is 1.18. The van der Waals surface area contributed by atoms with Gasteiger partial charge in [0, 0.05) is 13.6 Å². The zero-order chi connectivity index (χ0) is 12.7. The second kappa shape index (κ2) is 6.51. The van der Waals surface area contributed by atoms with Crippen molar-refractivity contribution in [3.63, 3.8) is 0 Å². The van der Waals surface area contributed by atoms with Gasteiger partial charge in [-0.05, 0) is 6.92 Å². The lowest BCUT2D eigenvalue weighted by Crippen LogP contribution is -2.44. The molecule has 16 heavy (non-hydrogen) atoms. The number of rotatable bonds is 5. The summed E-state index contributed by atoms with van der Waals surface area (Å²) in [6, 6.07) is -0.414. The molecule has 0 spiro atoms. The third-order valence-electron chi connectivity index (χ3n) is 1.71. The predicted molar refractivity (Wildman–Crippen MR) is 60.9 cm³/mol. The molecule has 0 radical (unpaired) electrons. The molecule has 0 atom stereocenters. The van der Waals surface area contributed by atoms with Gasteiger partial charge in [-0.25, -0.2) is 4.79 Å². The normalized spacial score (nSPS) is 9.06. The molecule has 0 aromatic heterocycles. The first kappa shape index (κ1) is 14.0. The highest BCUT2D eigenvalue weighted by Gasteiger charge is 2.19. The zero-order valence-electron chi connectivity index (χ0n) is 9.56. The second-order valence-electron chi connectivity index (χ2n) is 3.55. The van der Waals surface area contributed by atoms with Crippen LogP contribution in [-0.2, 0) is 4.79 Å². The van der Waals surface area contributed by atoms with Crippen molar-refractivity contribution in [3.8, 4) is 12.3 Å². The lowest BCUT2D eigenvalue weighted by atomic mass is 10.3. The highest BCUT2D eigenvalue weighted by Crippen LogP contribution is 2.00. The number of terminal acetylenes is 1. The van der Waals surface area contributed by atoms with Crippen LogP contribution >= 0.6 is 0 Å². The van der Waals surface area contributed by atoms with Gasteiger partial charge in [0.05, 0.1) is 6.54 Å². The Balaban J connectivity index is 4.54. The lowest BCUT2D eigenvalue weighted by molar-refractivity contribution is -0.137. The van der Waals surface area contributed by atoms with Gasteiger partial charge in [-0.15, -0.1) is 6.42 Å². The van der Waals surface area contributed by atoms with Crippen molar-refractivity contribution in [1.29, 1.82) is 0 Å². The molecule has 88 valence electrons. The van der Waals surface area contributed by atoms with E-state index >= 15 is 0 Å². The summed E-state index contributed by atoms with van der Waals surface area (Å²) in [7, 11) is 1.57. The average Bonchev–Trinajstić information content (AvgIpc) is 2.14. The van der Waals surface area contributed by atoms with Crippen molar-refractivity contribution in [2.45, 2.75) is 6.92 Å². The lowest BCUT2D eigenvalue weighted by Gasteiger charge is -2.25. The molecule has 2 amide bonds. The van der Waals surface area contributed by atoms with Gasteiger partial charge in [-0.2, -0.15) is 0 Å². The van der Waals surface area contributed by atoms with E-state index in [4.69, 9.17) is 11.5 Å². The molecule has 0 bridgehead atoms. The van der Waals surface area contributed by atoms with Crippen LogP contribution in [0.25, 0.3) is 0 Å². The van der Waals surface area contributed by atoms with Crippen molar-refractivity contribution in [2.75, 3.05) is 26.7 Å². The largest absolute Gasteiger partial charge is 0.480 e. The molecule has 0 aromatic rings. The van der Waals surface area contributed by atoms with Crippen molar-refractivity contribution in [2.24, 2.45) is 0 Å². The maximum atomic E-state index is 11.8. The summed E-state index contributed by atoms with van der Waals surface area (Å²) in [6.45, 7) is 5.41. The summed E-state index contributed by atoms with van der Waals surface area (Å²) >= 11 is 0. The first-order valence-corrected chi connectivity index (χ1v) is 4.68. The van der Waals surface area contributed by atoms with Gasteiger partial charge in [0.2, 0.25) is 0 Å². The summed E-state index contributed by atoms with van der Waals surface area (Å²) in [6.07, 6.45) is 5.07.